The van der Waals surface area contributed by atoms with E-state index in [-0.39, 0.29) is 0 Å². The Morgan fingerprint density at radius 2 is 0.656 bits per heavy atom. The van der Waals surface area contributed by atoms with Crippen LogP contribution in [-0.4, -0.2) is 12.1 Å². The SMILES string of the molecule is C1CCCCCCC(C2CCCCCC2NC2CCCCCCCCCC2)CCCCC1. The van der Waals surface area contributed by atoms with Gasteiger partial charge in [-0.1, -0.05) is 148 Å². The molecule has 188 valence electrons. The Morgan fingerprint density at radius 1 is 0.312 bits per heavy atom. The van der Waals surface area contributed by atoms with Crippen LogP contribution in [0.25, 0.3) is 0 Å². The van der Waals surface area contributed by atoms with Crippen LogP contribution < -0.4 is 5.32 Å². The lowest BCUT2D eigenvalue weighted by Gasteiger charge is -2.36. The maximum atomic E-state index is 4.38. The Bertz CT molecular complexity index is 406. The molecule has 0 spiro atoms. The summed E-state index contributed by atoms with van der Waals surface area (Å²) in [6, 6.07) is 1.64. The van der Waals surface area contributed by atoms with Crippen LogP contribution in [0.3, 0.4) is 0 Å². The topological polar surface area (TPSA) is 12.0 Å². The predicted octanol–water partition coefficient (Wildman–Crippen LogP) is 10.1. The van der Waals surface area contributed by atoms with Crippen molar-refractivity contribution in [3.8, 4) is 0 Å². The van der Waals surface area contributed by atoms with Crippen molar-refractivity contribution in [1.29, 1.82) is 0 Å². The molecule has 2 unspecified atom stereocenters. The van der Waals surface area contributed by atoms with Gasteiger partial charge in [-0.3, -0.25) is 0 Å². The van der Waals surface area contributed by atoms with E-state index in [0.29, 0.717) is 0 Å². The molecule has 2 atom stereocenters. The third-order valence-corrected chi connectivity index (χ3v) is 9.38. The van der Waals surface area contributed by atoms with Crippen molar-refractivity contribution in [2.24, 2.45) is 11.8 Å². The molecule has 3 fully saturated rings. The van der Waals surface area contributed by atoms with Crippen molar-refractivity contribution in [1.82, 2.24) is 5.32 Å². The summed E-state index contributed by atoms with van der Waals surface area (Å²) in [5.74, 6) is 1.98. The molecule has 0 amide bonds. The molecule has 0 aromatic heterocycles. The Morgan fingerprint density at radius 3 is 1.16 bits per heavy atom. The normalized spacial score (nSPS) is 30.8. The minimum Gasteiger partial charge on any atom is -0.311 e. The van der Waals surface area contributed by atoms with Crippen LogP contribution in [0.2, 0.25) is 0 Å². The fraction of sp³-hybridized carbons (Fsp3) is 1.00. The number of rotatable bonds is 3. The van der Waals surface area contributed by atoms with Gasteiger partial charge in [-0.2, -0.15) is 0 Å². The highest BCUT2D eigenvalue weighted by molar-refractivity contribution is 4.87. The number of hydrogen-bond donors (Lipinski definition) is 1. The van der Waals surface area contributed by atoms with Crippen molar-refractivity contribution < 1.29 is 0 Å². The monoisotopic (exact) mass is 445 g/mol. The maximum Gasteiger partial charge on any atom is 0.0101 e. The first kappa shape index (κ1) is 26.6. The maximum absolute atomic E-state index is 4.38. The summed E-state index contributed by atoms with van der Waals surface area (Å²) < 4.78 is 0. The van der Waals surface area contributed by atoms with Crippen molar-refractivity contribution in [2.45, 2.75) is 185 Å². The zero-order valence-corrected chi connectivity index (χ0v) is 21.9. The molecule has 1 N–H and O–H groups in total. The third kappa shape index (κ3) is 10.9. The van der Waals surface area contributed by atoms with Crippen LogP contribution in [0.15, 0.2) is 0 Å². The fourth-order valence-corrected chi connectivity index (χ4v) is 7.36. The second-order valence-electron chi connectivity index (χ2n) is 12.1. The summed E-state index contributed by atoms with van der Waals surface area (Å²) in [5, 5.41) is 4.38. The van der Waals surface area contributed by atoms with E-state index in [0.717, 1.165) is 23.9 Å². The van der Waals surface area contributed by atoms with Crippen LogP contribution in [0, 0.1) is 11.8 Å². The minimum absolute atomic E-state index is 0.813. The van der Waals surface area contributed by atoms with Crippen LogP contribution >= 0.6 is 0 Å². The quantitative estimate of drug-likeness (QED) is 0.426. The van der Waals surface area contributed by atoms with Gasteiger partial charge in [0.15, 0.2) is 0 Å². The van der Waals surface area contributed by atoms with Crippen LogP contribution in [0.1, 0.15) is 173 Å². The van der Waals surface area contributed by atoms with Gasteiger partial charge in [0.2, 0.25) is 0 Å². The lowest BCUT2D eigenvalue weighted by molar-refractivity contribution is 0.186. The van der Waals surface area contributed by atoms with Crippen LogP contribution in [0.5, 0.6) is 0 Å². The summed E-state index contributed by atoms with van der Waals surface area (Å²) in [5.41, 5.74) is 0. The van der Waals surface area contributed by atoms with E-state index in [4.69, 9.17) is 0 Å². The molecule has 3 rings (SSSR count). The Hall–Kier alpha value is -0.0400. The smallest absolute Gasteiger partial charge is 0.0101 e. The summed E-state index contributed by atoms with van der Waals surface area (Å²) in [4.78, 5) is 0. The summed E-state index contributed by atoms with van der Waals surface area (Å²) in [6.07, 6.45) is 40.3. The van der Waals surface area contributed by atoms with Crippen molar-refractivity contribution in [3.63, 3.8) is 0 Å². The van der Waals surface area contributed by atoms with Gasteiger partial charge in [0.25, 0.3) is 0 Å². The number of nitrogens with one attached hydrogen (secondary N) is 1. The molecule has 0 saturated heterocycles. The van der Waals surface area contributed by atoms with E-state index in [1.54, 1.807) is 0 Å². The minimum atomic E-state index is 0.813. The van der Waals surface area contributed by atoms with Crippen molar-refractivity contribution >= 4 is 0 Å². The number of hydrogen-bond acceptors (Lipinski definition) is 1. The van der Waals surface area contributed by atoms with E-state index in [9.17, 15) is 0 Å². The van der Waals surface area contributed by atoms with E-state index in [2.05, 4.69) is 5.32 Å². The van der Waals surface area contributed by atoms with E-state index in [1.165, 1.54) is 173 Å². The third-order valence-electron chi connectivity index (χ3n) is 9.38. The molecule has 32 heavy (non-hydrogen) atoms. The molecule has 1 heteroatoms. The van der Waals surface area contributed by atoms with Crippen LogP contribution in [0.4, 0.5) is 0 Å². The first-order valence-electron chi connectivity index (χ1n) is 15.7. The van der Waals surface area contributed by atoms with Gasteiger partial charge < -0.3 is 5.32 Å². The highest BCUT2D eigenvalue weighted by Crippen LogP contribution is 2.36. The van der Waals surface area contributed by atoms with Gasteiger partial charge in [0, 0.05) is 12.1 Å². The van der Waals surface area contributed by atoms with E-state index < -0.39 is 0 Å². The largest absolute Gasteiger partial charge is 0.311 e. The second-order valence-corrected chi connectivity index (χ2v) is 12.1. The zero-order valence-electron chi connectivity index (χ0n) is 21.9. The zero-order chi connectivity index (χ0) is 22.1. The molecule has 3 saturated carbocycles. The van der Waals surface area contributed by atoms with E-state index in [1.807, 2.05) is 0 Å². The fourth-order valence-electron chi connectivity index (χ4n) is 7.36. The van der Waals surface area contributed by atoms with Gasteiger partial charge >= 0.3 is 0 Å². The molecular formula is C31H59N. The molecule has 3 aliphatic rings. The highest BCUT2D eigenvalue weighted by atomic mass is 15.0. The molecule has 1 nitrogen and oxygen atoms in total. The molecule has 0 bridgehead atoms. The Labute approximate surface area is 202 Å². The molecule has 3 aliphatic carbocycles. The van der Waals surface area contributed by atoms with Crippen LogP contribution in [-0.2, 0) is 0 Å². The highest BCUT2D eigenvalue weighted by Gasteiger charge is 2.31. The average molecular weight is 446 g/mol. The Balaban J connectivity index is 1.59. The van der Waals surface area contributed by atoms with Gasteiger partial charge in [0.1, 0.15) is 0 Å². The first-order chi connectivity index (χ1) is 15.9. The van der Waals surface area contributed by atoms with E-state index >= 15 is 0 Å². The molecule has 0 aromatic carbocycles. The van der Waals surface area contributed by atoms with Gasteiger partial charge in [-0.25, -0.2) is 0 Å². The molecule has 0 heterocycles. The van der Waals surface area contributed by atoms with Gasteiger partial charge in [0.05, 0.1) is 0 Å². The van der Waals surface area contributed by atoms with Crippen molar-refractivity contribution in [2.75, 3.05) is 0 Å². The lowest BCUT2D eigenvalue weighted by atomic mass is 9.76. The molecule has 0 radical (unpaired) electrons. The summed E-state index contributed by atoms with van der Waals surface area (Å²) in [7, 11) is 0. The molecule has 0 aromatic rings. The van der Waals surface area contributed by atoms with Gasteiger partial charge in [-0.05, 0) is 37.5 Å². The molecule has 0 aliphatic heterocycles. The lowest BCUT2D eigenvalue weighted by Crippen LogP contribution is -2.45. The Kier molecular flexibility index (Phi) is 14.4. The van der Waals surface area contributed by atoms with Gasteiger partial charge in [-0.15, -0.1) is 0 Å². The molecular weight excluding hydrogens is 386 g/mol. The second kappa shape index (κ2) is 17.4. The standard InChI is InChI=1S/C31H59N/c1-2-4-8-12-17-23-28(22-16-11-7-3-1)30-26-20-15-21-27-31(30)32-29-24-18-13-9-5-6-10-14-19-25-29/h28-32H,1-27H2. The first-order valence-corrected chi connectivity index (χ1v) is 15.7. The summed E-state index contributed by atoms with van der Waals surface area (Å²) in [6.45, 7) is 0. The van der Waals surface area contributed by atoms with Crippen molar-refractivity contribution in [3.05, 3.63) is 0 Å². The average Bonchev–Trinajstić information content (AvgIpc) is 3.05. The summed E-state index contributed by atoms with van der Waals surface area (Å²) >= 11 is 0. The predicted molar refractivity (Wildman–Crippen MR) is 142 cm³/mol.